The van der Waals surface area contributed by atoms with Crippen LogP contribution in [0.15, 0.2) is 29.6 Å². The molecule has 0 bridgehead atoms. The molecular weight excluding hydrogens is 287 g/mol. The molecular formula is C15H19FN4S. The summed E-state index contributed by atoms with van der Waals surface area (Å²) in [5.41, 5.74) is 2.18. The second kappa shape index (κ2) is 6.41. The number of hydrogen-bond acceptors (Lipinski definition) is 5. The Morgan fingerprint density at radius 3 is 2.48 bits per heavy atom. The highest BCUT2D eigenvalue weighted by molar-refractivity contribution is 7.13. The topological polar surface area (TPSA) is 31.4 Å². The normalized spacial score (nSPS) is 15.5. The molecule has 1 aromatic carbocycles. The number of nitrogens with one attached hydrogen (secondary N) is 1. The maximum atomic E-state index is 13.0. The molecule has 1 aromatic heterocycles. The molecule has 1 aliphatic heterocycles. The fourth-order valence-electron chi connectivity index (χ4n) is 2.51. The van der Waals surface area contributed by atoms with Crippen molar-refractivity contribution in [3.63, 3.8) is 0 Å². The first-order valence-corrected chi connectivity index (χ1v) is 7.98. The third kappa shape index (κ3) is 3.33. The van der Waals surface area contributed by atoms with Gasteiger partial charge in [-0.2, -0.15) is 0 Å². The van der Waals surface area contributed by atoms with Crippen LogP contribution in [0, 0.1) is 5.82 Å². The molecule has 2 heterocycles. The van der Waals surface area contributed by atoms with Crippen LogP contribution in [0.5, 0.6) is 0 Å². The van der Waals surface area contributed by atoms with Crippen LogP contribution in [-0.2, 0) is 6.54 Å². The lowest BCUT2D eigenvalue weighted by Gasteiger charge is -2.36. The zero-order valence-electron chi connectivity index (χ0n) is 12.1. The highest BCUT2D eigenvalue weighted by Crippen LogP contribution is 2.24. The SMILES string of the molecule is CNCc1csc(N2CCN(c3ccc(F)cc3)CC2)n1. The molecule has 1 saturated heterocycles. The van der Waals surface area contributed by atoms with Crippen molar-refractivity contribution < 1.29 is 4.39 Å². The molecule has 21 heavy (non-hydrogen) atoms. The molecule has 0 radical (unpaired) electrons. The molecule has 0 saturated carbocycles. The minimum absolute atomic E-state index is 0.183. The number of piperazine rings is 1. The predicted octanol–water partition coefficient (Wildman–Crippen LogP) is 2.33. The van der Waals surface area contributed by atoms with E-state index < -0.39 is 0 Å². The molecule has 1 aliphatic rings. The first-order chi connectivity index (χ1) is 10.3. The Hall–Kier alpha value is -1.66. The molecule has 0 atom stereocenters. The summed E-state index contributed by atoms with van der Waals surface area (Å²) in [5, 5.41) is 6.33. The highest BCUT2D eigenvalue weighted by Gasteiger charge is 2.19. The summed E-state index contributed by atoms with van der Waals surface area (Å²) in [4.78, 5) is 9.26. The minimum Gasteiger partial charge on any atom is -0.368 e. The number of aromatic nitrogens is 1. The number of rotatable bonds is 4. The van der Waals surface area contributed by atoms with Gasteiger partial charge in [-0.1, -0.05) is 0 Å². The van der Waals surface area contributed by atoms with Crippen LogP contribution < -0.4 is 15.1 Å². The Kier molecular flexibility index (Phi) is 4.36. The molecule has 112 valence electrons. The zero-order valence-corrected chi connectivity index (χ0v) is 12.9. The van der Waals surface area contributed by atoms with E-state index in [1.807, 2.05) is 19.2 Å². The van der Waals surface area contributed by atoms with E-state index >= 15 is 0 Å². The largest absolute Gasteiger partial charge is 0.368 e. The van der Waals surface area contributed by atoms with Gasteiger partial charge in [-0.15, -0.1) is 11.3 Å². The molecule has 6 heteroatoms. The van der Waals surface area contributed by atoms with Crippen LogP contribution in [0.4, 0.5) is 15.2 Å². The minimum atomic E-state index is -0.183. The summed E-state index contributed by atoms with van der Waals surface area (Å²) in [6.45, 7) is 4.58. The van der Waals surface area contributed by atoms with Crippen molar-refractivity contribution in [1.82, 2.24) is 10.3 Å². The predicted molar refractivity (Wildman–Crippen MR) is 85.7 cm³/mol. The van der Waals surface area contributed by atoms with Crippen LogP contribution in [0.3, 0.4) is 0 Å². The Labute approximate surface area is 128 Å². The Balaban J connectivity index is 1.60. The third-order valence-corrected chi connectivity index (χ3v) is 4.59. The molecule has 0 amide bonds. The average molecular weight is 306 g/mol. The van der Waals surface area contributed by atoms with E-state index in [0.717, 1.165) is 49.2 Å². The van der Waals surface area contributed by atoms with Crippen LogP contribution in [-0.4, -0.2) is 38.2 Å². The van der Waals surface area contributed by atoms with E-state index in [9.17, 15) is 4.39 Å². The maximum absolute atomic E-state index is 13.0. The monoisotopic (exact) mass is 306 g/mol. The van der Waals surface area contributed by atoms with E-state index in [1.165, 1.54) is 12.1 Å². The number of benzene rings is 1. The number of anilines is 2. The molecule has 2 aromatic rings. The van der Waals surface area contributed by atoms with Crippen molar-refractivity contribution in [2.75, 3.05) is 43.0 Å². The first kappa shape index (κ1) is 14.3. The molecule has 1 N–H and O–H groups in total. The molecule has 3 rings (SSSR count). The maximum Gasteiger partial charge on any atom is 0.185 e. The average Bonchev–Trinajstić information content (AvgIpc) is 2.97. The highest BCUT2D eigenvalue weighted by atomic mass is 32.1. The van der Waals surface area contributed by atoms with E-state index in [-0.39, 0.29) is 5.82 Å². The lowest BCUT2D eigenvalue weighted by molar-refractivity contribution is 0.624. The van der Waals surface area contributed by atoms with Crippen LogP contribution in [0.2, 0.25) is 0 Å². The van der Waals surface area contributed by atoms with Crippen molar-refractivity contribution in [2.24, 2.45) is 0 Å². The van der Waals surface area contributed by atoms with Gasteiger partial charge in [0.05, 0.1) is 5.69 Å². The third-order valence-electron chi connectivity index (χ3n) is 3.64. The number of thiazole rings is 1. The Bertz CT molecular complexity index is 576. The van der Waals surface area contributed by atoms with Gasteiger partial charge in [-0.3, -0.25) is 0 Å². The first-order valence-electron chi connectivity index (χ1n) is 7.11. The Morgan fingerprint density at radius 1 is 1.14 bits per heavy atom. The quantitative estimate of drug-likeness (QED) is 0.939. The number of halogens is 1. The standard InChI is InChI=1S/C15H19FN4S/c1-17-10-13-11-21-15(18-13)20-8-6-19(7-9-20)14-4-2-12(16)3-5-14/h2-5,11,17H,6-10H2,1H3. The Morgan fingerprint density at radius 2 is 1.81 bits per heavy atom. The molecule has 4 nitrogen and oxygen atoms in total. The van der Waals surface area contributed by atoms with Crippen molar-refractivity contribution in [3.05, 3.63) is 41.2 Å². The van der Waals surface area contributed by atoms with Gasteiger partial charge >= 0.3 is 0 Å². The van der Waals surface area contributed by atoms with Crippen molar-refractivity contribution in [3.8, 4) is 0 Å². The van der Waals surface area contributed by atoms with Gasteiger partial charge in [0, 0.05) is 43.8 Å². The van der Waals surface area contributed by atoms with E-state index in [0.29, 0.717) is 0 Å². The zero-order chi connectivity index (χ0) is 14.7. The molecule has 0 unspecified atom stereocenters. The van der Waals surface area contributed by atoms with Gasteiger partial charge in [0.1, 0.15) is 5.82 Å². The lowest BCUT2D eigenvalue weighted by Crippen LogP contribution is -2.46. The number of nitrogens with zero attached hydrogens (tertiary/aromatic N) is 3. The van der Waals surface area contributed by atoms with E-state index in [2.05, 4.69) is 25.5 Å². The van der Waals surface area contributed by atoms with Gasteiger partial charge in [0.15, 0.2) is 5.13 Å². The summed E-state index contributed by atoms with van der Waals surface area (Å²) in [6.07, 6.45) is 0. The van der Waals surface area contributed by atoms with Crippen LogP contribution >= 0.6 is 11.3 Å². The smallest absolute Gasteiger partial charge is 0.185 e. The molecule has 1 fully saturated rings. The van der Waals surface area contributed by atoms with Gasteiger partial charge in [-0.25, -0.2) is 9.37 Å². The van der Waals surface area contributed by atoms with Crippen molar-refractivity contribution >= 4 is 22.2 Å². The van der Waals surface area contributed by atoms with Crippen molar-refractivity contribution in [1.29, 1.82) is 0 Å². The van der Waals surface area contributed by atoms with Gasteiger partial charge in [0.25, 0.3) is 0 Å². The van der Waals surface area contributed by atoms with Crippen LogP contribution in [0.25, 0.3) is 0 Å². The fourth-order valence-corrected chi connectivity index (χ4v) is 3.39. The van der Waals surface area contributed by atoms with Gasteiger partial charge in [0.2, 0.25) is 0 Å². The fraction of sp³-hybridized carbons (Fsp3) is 0.400. The van der Waals surface area contributed by atoms with E-state index in [1.54, 1.807) is 11.3 Å². The summed E-state index contributed by atoms with van der Waals surface area (Å²) >= 11 is 1.70. The van der Waals surface area contributed by atoms with Gasteiger partial charge < -0.3 is 15.1 Å². The van der Waals surface area contributed by atoms with E-state index in [4.69, 9.17) is 0 Å². The molecule has 0 aliphatic carbocycles. The lowest BCUT2D eigenvalue weighted by atomic mass is 10.2. The number of hydrogen-bond donors (Lipinski definition) is 1. The summed E-state index contributed by atoms with van der Waals surface area (Å²) in [5.74, 6) is -0.183. The summed E-state index contributed by atoms with van der Waals surface area (Å²) < 4.78 is 13.0. The van der Waals surface area contributed by atoms with Crippen LogP contribution in [0.1, 0.15) is 5.69 Å². The second-order valence-corrected chi connectivity index (χ2v) is 5.94. The van der Waals surface area contributed by atoms with Crippen molar-refractivity contribution in [2.45, 2.75) is 6.54 Å². The second-order valence-electron chi connectivity index (χ2n) is 5.10. The summed E-state index contributed by atoms with van der Waals surface area (Å²) in [7, 11) is 1.93. The molecule has 0 spiro atoms. The summed E-state index contributed by atoms with van der Waals surface area (Å²) in [6, 6.07) is 6.73. The van der Waals surface area contributed by atoms with Gasteiger partial charge in [-0.05, 0) is 31.3 Å².